The van der Waals surface area contributed by atoms with E-state index in [1.54, 1.807) is 25.1 Å². The first-order valence-corrected chi connectivity index (χ1v) is 5.45. The van der Waals surface area contributed by atoms with Gasteiger partial charge < -0.3 is 15.6 Å². The topological polar surface area (TPSA) is 55.5 Å². The third-order valence-electron chi connectivity index (χ3n) is 2.50. The standard InChI is InChI=1S/C12H16F3NO2/c1-7-5-9(8(2)16)3-4-10(7)18-6-11(17)12(13,14)15/h3-5,8,11,17H,6,16H2,1-2H3. The van der Waals surface area contributed by atoms with Gasteiger partial charge >= 0.3 is 6.18 Å². The second-order valence-electron chi connectivity index (χ2n) is 4.18. The van der Waals surface area contributed by atoms with Crippen LogP contribution in [0, 0.1) is 6.92 Å². The molecule has 0 aromatic heterocycles. The van der Waals surface area contributed by atoms with Crippen LogP contribution in [0.5, 0.6) is 5.75 Å². The monoisotopic (exact) mass is 263 g/mol. The second-order valence-corrected chi connectivity index (χ2v) is 4.18. The number of benzene rings is 1. The summed E-state index contributed by atoms with van der Waals surface area (Å²) < 4.78 is 41.2. The van der Waals surface area contributed by atoms with Gasteiger partial charge in [-0.2, -0.15) is 13.2 Å². The van der Waals surface area contributed by atoms with Crippen LogP contribution in [0.4, 0.5) is 13.2 Å². The van der Waals surface area contributed by atoms with Crippen molar-refractivity contribution in [1.29, 1.82) is 0 Å². The number of aliphatic hydroxyl groups is 1. The fraction of sp³-hybridized carbons (Fsp3) is 0.500. The Morgan fingerprint density at radius 2 is 2.00 bits per heavy atom. The number of ether oxygens (including phenoxy) is 1. The zero-order chi connectivity index (χ0) is 13.9. The van der Waals surface area contributed by atoms with E-state index < -0.39 is 18.9 Å². The van der Waals surface area contributed by atoms with Crippen molar-refractivity contribution in [2.24, 2.45) is 5.73 Å². The van der Waals surface area contributed by atoms with E-state index in [1.807, 2.05) is 6.92 Å². The highest BCUT2D eigenvalue weighted by atomic mass is 19.4. The molecule has 0 aliphatic heterocycles. The summed E-state index contributed by atoms with van der Waals surface area (Å²) in [6.45, 7) is 2.70. The third kappa shape index (κ3) is 3.89. The number of halogens is 3. The quantitative estimate of drug-likeness (QED) is 0.876. The highest BCUT2D eigenvalue weighted by molar-refractivity contribution is 5.37. The zero-order valence-corrected chi connectivity index (χ0v) is 10.2. The van der Waals surface area contributed by atoms with Gasteiger partial charge in [0.15, 0.2) is 6.10 Å². The molecular formula is C12H16F3NO2. The second kappa shape index (κ2) is 5.58. The van der Waals surface area contributed by atoms with Crippen molar-refractivity contribution in [3.8, 4) is 5.75 Å². The van der Waals surface area contributed by atoms with Gasteiger partial charge in [-0.1, -0.05) is 12.1 Å². The Morgan fingerprint density at radius 3 is 2.44 bits per heavy atom. The van der Waals surface area contributed by atoms with Crippen LogP contribution >= 0.6 is 0 Å². The van der Waals surface area contributed by atoms with Gasteiger partial charge in [0.05, 0.1) is 0 Å². The maximum absolute atomic E-state index is 12.1. The van der Waals surface area contributed by atoms with Gasteiger partial charge in [-0.05, 0) is 31.0 Å². The normalized spacial score (nSPS) is 15.3. The van der Waals surface area contributed by atoms with Gasteiger partial charge in [0.2, 0.25) is 0 Å². The van der Waals surface area contributed by atoms with E-state index in [1.165, 1.54) is 0 Å². The molecule has 18 heavy (non-hydrogen) atoms. The third-order valence-corrected chi connectivity index (χ3v) is 2.50. The van der Waals surface area contributed by atoms with Crippen LogP contribution in [0.1, 0.15) is 24.1 Å². The van der Waals surface area contributed by atoms with E-state index in [2.05, 4.69) is 0 Å². The Hall–Kier alpha value is -1.27. The lowest BCUT2D eigenvalue weighted by Gasteiger charge is -2.17. The predicted octanol–water partition coefficient (Wildman–Crippen LogP) is 2.32. The summed E-state index contributed by atoms with van der Waals surface area (Å²) in [5.74, 6) is 0.308. The van der Waals surface area contributed by atoms with Gasteiger partial charge in [0.1, 0.15) is 12.4 Å². The molecule has 0 spiro atoms. The van der Waals surface area contributed by atoms with Crippen molar-refractivity contribution in [3.05, 3.63) is 29.3 Å². The molecule has 0 aliphatic carbocycles. The van der Waals surface area contributed by atoms with Crippen LogP contribution in [0.2, 0.25) is 0 Å². The summed E-state index contributed by atoms with van der Waals surface area (Å²) in [4.78, 5) is 0. The Labute approximate surface area is 103 Å². The maximum atomic E-state index is 12.1. The predicted molar refractivity (Wildman–Crippen MR) is 61.3 cm³/mol. The van der Waals surface area contributed by atoms with Gasteiger partial charge in [0, 0.05) is 6.04 Å². The molecule has 3 N–H and O–H groups in total. The Kier molecular flexibility index (Phi) is 4.59. The minimum Gasteiger partial charge on any atom is -0.490 e. The van der Waals surface area contributed by atoms with E-state index in [0.29, 0.717) is 11.3 Å². The molecule has 0 amide bonds. The smallest absolute Gasteiger partial charge is 0.417 e. The first kappa shape index (κ1) is 14.8. The lowest BCUT2D eigenvalue weighted by Crippen LogP contribution is -2.34. The summed E-state index contributed by atoms with van der Waals surface area (Å²) in [5, 5.41) is 8.81. The highest BCUT2D eigenvalue weighted by Crippen LogP contribution is 2.24. The van der Waals surface area contributed by atoms with Crippen molar-refractivity contribution < 1.29 is 23.0 Å². The largest absolute Gasteiger partial charge is 0.490 e. The van der Waals surface area contributed by atoms with Gasteiger partial charge in [-0.15, -0.1) is 0 Å². The fourth-order valence-corrected chi connectivity index (χ4v) is 1.38. The van der Waals surface area contributed by atoms with Crippen LogP contribution in [-0.4, -0.2) is 24.0 Å². The number of hydrogen-bond acceptors (Lipinski definition) is 3. The minimum atomic E-state index is -4.67. The van der Waals surface area contributed by atoms with E-state index in [9.17, 15) is 13.2 Å². The molecule has 0 aliphatic rings. The van der Waals surface area contributed by atoms with Crippen molar-refractivity contribution in [3.63, 3.8) is 0 Å². The molecule has 2 atom stereocenters. The minimum absolute atomic E-state index is 0.154. The lowest BCUT2D eigenvalue weighted by molar-refractivity contribution is -0.210. The van der Waals surface area contributed by atoms with Gasteiger partial charge in [-0.3, -0.25) is 0 Å². The van der Waals surface area contributed by atoms with Crippen molar-refractivity contribution in [2.45, 2.75) is 32.2 Å². The fourth-order valence-electron chi connectivity index (χ4n) is 1.38. The SMILES string of the molecule is Cc1cc(C(C)N)ccc1OCC(O)C(F)(F)F. The molecule has 1 aromatic carbocycles. The van der Waals surface area contributed by atoms with Crippen molar-refractivity contribution in [1.82, 2.24) is 0 Å². The van der Waals surface area contributed by atoms with Crippen LogP contribution in [0.25, 0.3) is 0 Å². The van der Waals surface area contributed by atoms with Crippen LogP contribution < -0.4 is 10.5 Å². The average molecular weight is 263 g/mol. The van der Waals surface area contributed by atoms with Gasteiger partial charge in [-0.25, -0.2) is 0 Å². The summed E-state index contributed by atoms with van der Waals surface area (Å²) in [6, 6.07) is 4.84. The van der Waals surface area contributed by atoms with Crippen molar-refractivity contribution >= 4 is 0 Å². The summed E-state index contributed by atoms with van der Waals surface area (Å²) in [6.07, 6.45) is -7.15. The first-order chi connectivity index (χ1) is 8.21. The zero-order valence-electron chi connectivity index (χ0n) is 10.2. The molecule has 3 nitrogen and oxygen atoms in total. The van der Waals surface area contributed by atoms with E-state index in [4.69, 9.17) is 15.6 Å². The number of rotatable bonds is 4. The number of hydrogen-bond donors (Lipinski definition) is 2. The molecular weight excluding hydrogens is 247 g/mol. The Balaban J connectivity index is 2.69. The Bertz CT molecular complexity index is 405. The molecule has 0 fully saturated rings. The molecule has 102 valence electrons. The summed E-state index contributed by atoms with van der Waals surface area (Å²) in [7, 11) is 0. The van der Waals surface area contributed by atoms with E-state index in [0.717, 1.165) is 5.56 Å². The molecule has 1 aromatic rings. The maximum Gasteiger partial charge on any atom is 0.417 e. The Morgan fingerprint density at radius 1 is 1.39 bits per heavy atom. The molecule has 0 saturated carbocycles. The average Bonchev–Trinajstić information content (AvgIpc) is 2.25. The summed E-state index contributed by atoms with van der Waals surface area (Å²) in [5.41, 5.74) is 7.23. The molecule has 0 heterocycles. The molecule has 1 rings (SSSR count). The van der Waals surface area contributed by atoms with Gasteiger partial charge in [0.25, 0.3) is 0 Å². The molecule has 6 heteroatoms. The number of nitrogens with two attached hydrogens (primary N) is 1. The van der Waals surface area contributed by atoms with Crippen LogP contribution in [0.15, 0.2) is 18.2 Å². The first-order valence-electron chi connectivity index (χ1n) is 5.45. The number of aliphatic hydroxyl groups excluding tert-OH is 1. The number of aryl methyl sites for hydroxylation is 1. The molecule has 2 unspecified atom stereocenters. The lowest BCUT2D eigenvalue weighted by atomic mass is 10.1. The molecule has 0 radical (unpaired) electrons. The van der Waals surface area contributed by atoms with Crippen LogP contribution in [-0.2, 0) is 0 Å². The summed E-state index contributed by atoms with van der Waals surface area (Å²) >= 11 is 0. The highest BCUT2D eigenvalue weighted by Gasteiger charge is 2.38. The van der Waals surface area contributed by atoms with Crippen molar-refractivity contribution in [2.75, 3.05) is 6.61 Å². The van der Waals surface area contributed by atoms with Crippen LogP contribution in [0.3, 0.4) is 0 Å². The number of alkyl halides is 3. The molecule has 0 saturated heterocycles. The molecule has 0 bridgehead atoms. The van der Waals surface area contributed by atoms with E-state index in [-0.39, 0.29) is 6.04 Å². The van der Waals surface area contributed by atoms with E-state index >= 15 is 0 Å².